The third-order valence-corrected chi connectivity index (χ3v) is 1.26. The number of hydrogen-bond donors (Lipinski definition) is 4. The van der Waals surface area contributed by atoms with Crippen molar-refractivity contribution < 1.29 is 15.0 Å². The Morgan fingerprint density at radius 2 is 2.45 bits per heavy atom. The van der Waals surface area contributed by atoms with Crippen LogP contribution in [0, 0.1) is 10.6 Å². The second kappa shape index (κ2) is 2.79. The highest BCUT2D eigenvalue weighted by Crippen LogP contribution is 1.92. The molecule has 60 valence electrons. The lowest BCUT2D eigenvalue weighted by Crippen LogP contribution is -3.08. The maximum atomic E-state index is 10.6. The van der Waals surface area contributed by atoms with Gasteiger partial charge >= 0.3 is 6.03 Å². The molecule has 0 radical (unpaired) electrons. The van der Waals surface area contributed by atoms with Crippen LogP contribution in [0.4, 0.5) is 4.79 Å². The first kappa shape index (κ1) is 7.86. The first-order valence-corrected chi connectivity index (χ1v) is 2.91. The van der Waals surface area contributed by atoms with Crippen LogP contribution in [0.5, 0.6) is 0 Å². The van der Waals surface area contributed by atoms with E-state index in [2.05, 4.69) is 0 Å². The minimum absolute atomic E-state index is 0.134. The van der Waals surface area contributed by atoms with Crippen LogP contribution in [0.1, 0.15) is 0 Å². The Morgan fingerprint density at radius 3 is 3.00 bits per heavy atom. The van der Waals surface area contributed by atoms with Crippen molar-refractivity contribution in [1.82, 2.24) is 5.32 Å². The average molecular weight is 157 g/mol. The molecule has 0 spiro atoms. The number of rotatable bonds is 1. The predicted molar refractivity (Wildman–Crippen MR) is 35.8 cm³/mol. The number of aliphatic hydroxyl groups excluding tert-OH is 1. The summed E-state index contributed by atoms with van der Waals surface area (Å²) in [5.74, 6) is -0.211. The minimum atomic E-state index is -0.827. The molecule has 0 saturated carbocycles. The molecule has 1 aliphatic rings. The number of urea groups is 1. The molecule has 0 bridgehead atoms. The Hall–Kier alpha value is -1.24. The van der Waals surface area contributed by atoms with Crippen molar-refractivity contribution >= 4 is 11.9 Å². The van der Waals surface area contributed by atoms with E-state index in [-0.39, 0.29) is 11.4 Å². The van der Waals surface area contributed by atoms with Crippen molar-refractivity contribution in [3.8, 4) is 0 Å². The van der Waals surface area contributed by atoms with Gasteiger partial charge in [-0.05, 0) is 0 Å². The first-order chi connectivity index (χ1) is 5.15. The van der Waals surface area contributed by atoms with E-state index in [0.717, 1.165) is 6.20 Å². The van der Waals surface area contributed by atoms with Gasteiger partial charge in [-0.25, -0.2) is 4.79 Å². The van der Waals surface area contributed by atoms with Crippen LogP contribution in [0.15, 0.2) is 11.8 Å². The van der Waals surface area contributed by atoms with Crippen LogP contribution < -0.4 is 10.4 Å². The molecule has 0 aromatic rings. The molecule has 1 aliphatic heterocycles. The summed E-state index contributed by atoms with van der Waals surface area (Å²) in [6.07, 6.45) is 0.959. The number of carbonyl (C=O) groups is 1. The minimum Gasteiger partial charge on any atom is -0.620 e. The van der Waals surface area contributed by atoms with Crippen molar-refractivity contribution in [3.05, 3.63) is 17.0 Å². The summed E-state index contributed by atoms with van der Waals surface area (Å²) in [6.45, 7) is -0.412. The summed E-state index contributed by atoms with van der Waals surface area (Å²) >= 11 is 0. The molecule has 6 heteroatoms. The van der Waals surface area contributed by atoms with Gasteiger partial charge in [-0.3, -0.25) is 15.8 Å². The van der Waals surface area contributed by atoms with Gasteiger partial charge in [-0.15, -0.1) is 0 Å². The van der Waals surface area contributed by atoms with Gasteiger partial charge in [0, 0.05) is 0 Å². The standard InChI is InChI=1S/C5H7N3O3/c6-4-3(2-9)1-8(11)5(10)7-4/h1,8-9H,2H2,(H2,6,7,10). The molecule has 0 fully saturated rings. The van der Waals surface area contributed by atoms with E-state index in [1.807, 2.05) is 5.32 Å². The van der Waals surface area contributed by atoms with Crippen LogP contribution in [0.3, 0.4) is 0 Å². The van der Waals surface area contributed by atoms with Gasteiger partial charge < -0.3 is 10.3 Å². The van der Waals surface area contributed by atoms with Crippen LogP contribution in [-0.2, 0) is 0 Å². The second-order valence-corrected chi connectivity index (χ2v) is 2.02. The maximum absolute atomic E-state index is 10.6. The summed E-state index contributed by atoms with van der Waals surface area (Å²) in [4.78, 5) is 10.5. The molecule has 2 amide bonds. The summed E-state index contributed by atoms with van der Waals surface area (Å²) in [6, 6.07) is -0.827. The highest BCUT2D eigenvalue weighted by molar-refractivity contribution is 6.05. The number of nitrogens with one attached hydrogen (secondary N) is 3. The zero-order valence-electron chi connectivity index (χ0n) is 5.55. The van der Waals surface area contributed by atoms with Crippen molar-refractivity contribution in [2.45, 2.75) is 0 Å². The van der Waals surface area contributed by atoms with Gasteiger partial charge in [0.1, 0.15) is 12.0 Å². The molecule has 1 rings (SSSR count). The predicted octanol–water partition coefficient (Wildman–Crippen LogP) is -2.05. The monoisotopic (exact) mass is 157 g/mol. The van der Waals surface area contributed by atoms with E-state index < -0.39 is 17.7 Å². The second-order valence-electron chi connectivity index (χ2n) is 2.02. The lowest BCUT2D eigenvalue weighted by molar-refractivity contribution is -0.697. The lowest BCUT2D eigenvalue weighted by atomic mass is 10.2. The van der Waals surface area contributed by atoms with Gasteiger partial charge in [-0.1, -0.05) is 0 Å². The molecule has 0 aromatic carbocycles. The third kappa shape index (κ3) is 1.43. The highest BCUT2D eigenvalue weighted by Gasteiger charge is 2.21. The summed E-state index contributed by atoms with van der Waals surface area (Å²) < 4.78 is 0. The zero-order valence-corrected chi connectivity index (χ0v) is 5.55. The Labute approximate surface area is 62.2 Å². The summed E-state index contributed by atoms with van der Waals surface area (Å²) in [5, 5.41) is 27.5. The molecule has 1 heterocycles. The van der Waals surface area contributed by atoms with E-state index in [1.165, 1.54) is 0 Å². The number of hydrogen-bond acceptors (Lipinski definition) is 4. The van der Waals surface area contributed by atoms with Crippen molar-refractivity contribution in [1.29, 1.82) is 5.41 Å². The molecule has 0 aliphatic carbocycles. The smallest absolute Gasteiger partial charge is 0.425 e. The zero-order chi connectivity index (χ0) is 8.43. The number of hydroxylamine groups is 2. The number of carbonyl (C=O) groups excluding carboxylic acids is 1. The van der Waals surface area contributed by atoms with Gasteiger partial charge in [0.15, 0.2) is 0 Å². The van der Waals surface area contributed by atoms with Crippen LogP contribution >= 0.6 is 0 Å². The van der Waals surface area contributed by atoms with Crippen LogP contribution in [0.25, 0.3) is 0 Å². The van der Waals surface area contributed by atoms with Gasteiger partial charge in [0.05, 0.1) is 12.2 Å². The van der Waals surface area contributed by atoms with Crippen LogP contribution in [-0.4, -0.2) is 23.6 Å². The molecule has 0 aromatic heterocycles. The highest BCUT2D eigenvalue weighted by atomic mass is 16.5. The van der Waals surface area contributed by atoms with Gasteiger partial charge in [-0.2, -0.15) is 0 Å². The molecule has 1 atom stereocenters. The summed E-state index contributed by atoms with van der Waals surface area (Å²) in [7, 11) is 0. The molecular formula is C5H7N3O3. The van der Waals surface area contributed by atoms with E-state index in [1.54, 1.807) is 0 Å². The Kier molecular flexibility index (Phi) is 1.99. The van der Waals surface area contributed by atoms with Crippen LogP contribution in [0.2, 0.25) is 0 Å². The summed E-state index contributed by atoms with van der Waals surface area (Å²) in [5.41, 5.74) is 0.134. The van der Waals surface area contributed by atoms with Crippen molar-refractivity contribution in [3.63, 3.8) is 0 Å². The molecule has 1 unspecified atom stereocenters. The topological polar surface area (TPSA) is 101 Å². The molecule has 4 N–H and O–H groups in total. The normalized spacial score (nSPS) is 24.5. The fraction of sp³-hybridized carbons (Fsp3) is 0.200. The fourth-order valence-electron chi connectivity index (χ4n) is 0.676. The Balaban J connectivity index is 2.87. The number of amidine groups is 1. The lowest BCUT2D eigenvalue weighted by Gasteiger charge is -2.21. The maximum Gasteiger partial charge on any atom is 0.425 e. The van der Waals surface area contributed by atoms with Crippen molar-refractivity contribution in [2.24, 2.45) is 0 Å². The van der Waals surface area contributed by atoms with E-state index in [0.29, 0.717) is 0 Å². The number of amides is 2. The fourth-order valence-corrected chi connectivity index (χ4v) is 0.676. The quantitative estimate of drug-likeness (QED) is 0.329. The Morgan fingerprint density at radius 1 is 1.82 bits per heavy atom. The molecule has 11 heavy (non-hydrogen) atoms. The first-order valence-electron chi connectivity index (χ1n) is 2.91. The van der Waals surface area contributed by atoms with E-state index in [9.17, 15) is 10.0 Å². The van der Waals surface area contributed by atoms with E-state index in [4.69, 9.17) is 10.5 Å². The number of aliphatic hydroxyl groups is 1. The number of quaternary nitrogens is 1. The van der Waals surface area contributed by atoms with Gasteiger partial charge in [0.2, 0.25) is 0 Å². The Bertz CT molecular complexity index is 235. The molecular weight excluding hydrogens is 150 g/mol. The van der Waals surface area contributed by atoms with E-state index >= 15 is 0 Å². The van der Waals surface area contributed by atoms with Gasteiger partial charge in [0.25, 0.3) is 0 Å². The van der Waals surface area contributed by atoms with Crippen molar-refractivity contribution in [2.75, 3.05) is 6.61 Å². The molecule has 0 saturated heterocycles. The molecule has 6 nitrogen and oxygen atoms in total. The third-order valence-electron chi connectivity index (χ3n) is 1.26. The largest absolute Gasteiger partial charge is 0.620 e. The average Bonchev–Trinajstić information content (AvgIpc) is 1.97. The SMILES string of the molecule is N=C1NC(=O)[NH+]([O-])C=C1CO.